The molecule has 98 valence electrons. The van der Waals surface area contributed by atoms with Gasteiger partial charge in [0.2, 0.25) is 5.91 Å². The van der Waals surface area contributed by atoms with Gasteiger partial charge in [-0.2, -0.15) is 0 Å². The van der Waals surface area contributed by atoms with Crippen molar-refractivity contribution in [1.82, 2.24) is 4.90 Å². The monoisotopic (exact) mass is 247 g/mol. The molecule has 2 N–H and O–H groups in total. The number of nitrogens with two attached hydrogens (primary N) is 1. The molecule has 4 heteroatoms. The van der Waals surface area contributed by atoms with Crippen LogP contribution in [0.1, 0.15) is 18.1 Å². The SMILES string of the molecule is Cc1cc(N)cc(C)c1N1CC(=O)N(C)C(C)C1. The van der Waals surface area contributed by atoms with Gasteiger partial charge in [0.15, 0.2) is 0 Å². The van der Waals surface area contributed by atoms with Crippen molar-refractivity contribution in [1.29, 1.82) is 0 Å². The zero-order valence-corrected chi connectivity index (χ0v) is 11.5. The third kappa shape index (κ3) is 2.15. The highest BCUT2D eigenvalue weighted by Crippen LogP contribution is 2.29. The Bertz CT molecular complexity index is 461. The fraction of sp³-hybridized carbons (Fsp3) is 0.500. The second-order valence-electron chi connectivity index (χ2n) is 5.24. The number of carbonyl (C=O) groups is 1. The summed E-state index contributed by atoms with van der Waals surface area (Å²) in [7, 11) is 1.87. The largest absolute Gasteiger partial charge is 0.399 e. The van der Waals surface area contributed by atoms with Crippen LogP contribution in [0.3, 0.4) is 0 Å². The summed E-state index contributed by atoms with van der Waals surface area (Å²) in [6.07, 6.45) is 0. The maximum atomic E-state index is 11.9. The number of hydrogen-bond donors (Lipinski definition) is 1. The van der Waals surface area contributed by atoms with Crippen LogP contribution in [0.2, 0.25) is 0 Å². The van der Waals surface area contributed by atoms with Crippen molar-refractivity contribution in [3.8, 4) is 0 Å². The van der Waals surface area contributed by atoms with Crippen LogP contribution in [-0.2, 0) is 4.79 Å². The van der Waals surface area contributed by atoms with Crippen molar-refractivity contribution >= 4 is 17.3 Å². The molecular weight excluding hydrogens is 226 g/mol. The lowest BCUT2D eigenvalue weighted by atomic mass is 10.0. The molecule has 1 unspecified atom stereocenters. The Labute approximate surface area is 108 Å². The molecule has 1 fully saturated rings. The summed E-state index contributed by atoms with van der Waals surface area (Å²) in [5.74, 6) is 0.171. The Balaban J connectivity index is 2.35. The summed E-state index contributed by atoms with van der Waals surface area (Å²) in [5.41, 5.74) is 10.0. The van der Waals surface area contributed by atoms with E-state index >= 15 is 0 Å². The van der Waals surface area contributed by atoms with Crippen LogP contribution >= 0.6 is 0 Å². The fourth-order valence-electron chi connectivity index (χ4n) is 2.69. The number of benzene rings is 1. The molecule has 0 radical (unpaired) electrons. The van der Waals surface area contributed by atoms with Gasteiger partial charge in [-0.05, 0) is 44.0 Å². The summed E-state index contributed by atoms with van der Waals surface area (Å²) in [4.78, 5) is 15.9. The minimum absolute atomic E-state index is 0.171. The van der Waals surface area contributed by atoms with Crippen LogP contribution in [0.5, 0.6) is 0 Å². The zero-order valence-electron chi connectivity index (χ0n) is 11.5. The molecule has 0 spiro atoms. The Morgan fingerprint density at radius 1 is 1.28 bits per heavy atom. The number of likely N-dealkylation sites (N-methyl/N-ethyl adjacent to an activating group) is 1. The maximum Gasteiger partial charge on any atom is 0.242 e. The van der Waals surface area contributed by atoms with Gasteiger partial charge in [0.25, 0.3) is 0 Å². The average Bonchev–Trinajstić information content (AvgIpc) is 2.24. The second-order valence-corrected chi connectivity index (χ2v) is 5.24. The standard InChI is InChI=1S/C14H21N3O/c1-9-5-12(15)6-10(2)14(9)17-7-11(3)16(4)13(18)8-17/h5-6,11H,7-8,15H2,1-4H3. The first-order valence-corrected chi connectivity index (χ1v) is 6.27. The number of aryl methyl sites for hydroxylation is 2. The predicted octanol–water partition coefficient (Wildman–Crippen LogP) is 1.55. The molecule has 1 aromatic carbocycles. The molecule has 0 saturated carbocycles. The highest BCUT2D eigenvalue weighted by atomic mass is 16.2. The number of rotatable bonds is 1. The number of nitrogen functional groups attached to an aromatic ring is 1. The fourth-order valence-corrected chi connectivity index (χ4v) is 2.69. The van der Waals surface area contributed by atoms with Gasteiger partial charge in [0.05, 0.1) is 6.54 Å². The van der Waals surface area contributed by atoms with Gasteiger partial charge in [0, 0.05) is 31.0 Å². The van der Waals surface area contributed by atoms with Crippen LogP contribution < -0.4 is 10.6 Å². The topological polar surface area (TPSA) is 49.6 Å². The summed E-state index contributed by atoms with van der Waals surface area (Å²) < 4.78 is 0. The summed E-state index contributed by atoms with van der Waals surface area (Å²) in [5, 5.41) is 0. The third-order valence-corrected chi connectivity index (χ3v) is 3.69. The summed E-state index contributed by atoms with van der Waals surface area (Å²) >= 11 is 0. The van der Waals surface area contributed by atoms with Crippen molar-refractivity contribution < 1.29 is 4.79 Å². The van der Waals surface area contributed by atoms with E-state index in [-0.39, 0.29) is 11.9 Å². The lowest BCUT2D eigenvalue weighted by Gasteiger charge is -2.39. The van der Waals surface area contributed by atoms with E-state index in [9.17, 15) is 4.79 Å². The van der Waals surface area contributed by atoms with E-state index in [2.05, 4.69) is 11.8 Å². The second kappa shape index (κ2) is 4.52. The Morgan fingerprint density at radius 2 is 1.83 bits per heavy atom. The first-order chi connectivity index (χ1) is 8.40. The van der Waals surface area contributed by atoms with Gasteiger partial charge in [-0.3, -0.25) is 4.79 Å². The lowest BCUT2D eigenvalue weighted by molar-refractivity contribution is -0.131. The van der Waals surface area contributed by atoms with Crippen molar-refractivity contribution in [3.05, 3.63) is 23.3 Å². The van der Waals surface area contributed by atoms with Crippen molar-refractivity contribution in [2.24, 2.45) is 0 Å². The minimum atomic E-state index is 0.171. The van der Waals surface area contributed by atoms with Crippen LogP contribution in [0.25, 0.3) is 0 Å². The van der Waals surface area contributed by atoms with E-state index in [1.165, 1.54) is 0 Å². The number of anilines is 2. The number of nitrogens with zero attached hydrogens (tertiary/aromatic N) is 2. The van der Waals surface area contributed by atoms with E-state index in [1.54, 1.807) is 0 Å². The molecular formula is C14H21N3O. The van der Waals surface area contributed by atoms with Gasteiger partial charge in [-0.15, -0.1) is 0 Å². The minimum Gasteiger partial charge on any atom is -0.399 e. The first kappa shape index (κ1) is 12.7. The lowest BCUT2D eigenvalue weighted by Crippen LogP contribution is -2.54. The molecule has 18 heavy (non-hydrogen) atoms. The normalized spacial score (nSPS) is 20.4. The van der Waals surface area contributed by atoms with Crippen molar-refractivity contribution in [2.75, 3.05) is 30.8 Å². The molecule has 1 amide bonds. The van der Waals surface area contributed by atoms with E-state index in [1.807, 2.05) is 37.9 Å². The summed E-state index contributed by atoms with van der Waals surface area (Å²) in [6.45, 7) is 7.49. The first-order valence-electron chi connectivity index (χ1n) is 6.27. The molecule has 0 aliphatic carbocycles. The van der Waals surface area contributed by atoms with Crippen LogP contribution in [-0.4, -0.2) is 37.0 Å². The van der Waals surface area contributed by atoms with Crippen molar-refractivity contribution in [3.63, 3.8) is 0 Å². The van der Waals surface area contributed by atoms with Gasteiger partial charge in [-0.1, -0.05) is 0 Å². The molecule has 2 rings (SSSR count). The summed E-state index contributed by atoms with van der Waals surface area (Å²) in [6, 6.07) is 4.17. The molecule has 1 aliphatic rings. The molecule has 1 aliphatic heterocycles. The van der Waals surface area contributed by atoms with Crippen molar-refractivity contribution in [2.45, 2.75) is 26.8 Å². The van der Waals surface area contributed by atoms with Gasteiger partial charge in [-0.25, -0.2) is 0 Å². The van der Waals surface area contributed by atoms with Gasteiger partial charge in [0.1, 0.15) is 0 Å². The Morgan fingerprint density at radius 3 is 2.33 bits per heavy atom. The van der Waals surface area contributed by atoms with E-state index in [0.717, 1.165) is 29.0 Å². The van der Waals surface area contributed by atoms with E-state index < -0.39 is 0 Å². The molecule has 4 nitrogen and oxygen atoms in total. The molecule has 1 aromatic rings. The highest BCUT2D eigenvalue weighted by molar-refractivity contribution is 5.84. The maximum absolute atomic E-state index is 11.9. The van der Waals surface area contributed by atoms with Crippen LogP contribution in [0, 0.1) is 13.8 Å². The Hall–Kier alpha value is -1.71. The molecule has 1 saturated heterocycles. The third-order valence-electron chi connectivity index (χ3n) is 3.69. The van der Waals surface area contributed by atoms with E-state index in [4.69, 9.17) is 5.73 Å². The van der Waals surface area contributed by atoms with Gasteiger partial charge < -0.3 is 15.5 Å². The zero-order chi connectivity index (χ0) is 13.4. The van der Waals surface area contributed by atoms with Gasteiger partial charge >= 0.3 is 0 Å². The van der Waals surface area contributed by atoms with Crippen LogP contribution in [0.4, 0.5) is 11.4 Å². The molecule has 0 bridgehead atoms. The predicted molar refractivity (Wildman–Crippen MR) is 74.8 cm³/mol. The number of hydrogen-bond acceptors (Lipinski definition) is 3. The quantitative estimate of drug-likeness (QED) is 0.766. The number of carbonyl (C=O) groups excluding carboxylic acids is 1. The molecule has 1 atom stereocenters. The molecule has 1 heterocycles. The number of piperazine rings is 1. The van der Waals surface area contributed by atoms with E-state index in [0.29, 0.717) is 6.54 Å². The average molecular weight is 247 g/mol. The Kier molecular flexibility index (Phi) is 3.20. The highest BCUT2D eigenvalue weighted by Gasteiger charge is 2.28. The number of amides is 1. The smallest absolute Gasteiger partial charge is 0.242 e. The molecule has 0 aromatic heterocycles. The van der Waals surface area contributed by atoms with Crippen LogP contribution in [0.15, 0.2) is 12.1 Å².